The van der Waals surface area contributed by atoms with E-state index in [0.717, 1.165) is 4.88 Å². The highest BCUT2D eigenvalue weighted by atomic mass is 35.5. The summed E-state index contributed by atoms with van der Waals surface area (Å²) in [6.07, 6.45) is 0. The van der Waals surface area contributed by atoms with Crippen molar-refractivity contribution in [1.82, 2.24) is 0 Å². The zero-order valence-electron chi connectivity index (χ0n) is 10.1. The highest BCUT2D eigenvalue weighted by molar-refractivity contribution is 7.16. The van der Waals surface area contributed by atoms with Gasteiger partial charge in [-0.2, -0.15) is 0 Å². The van der Waals surface area contributed by atoms with Crippen molar-refractivity contribution in [1.29, 1.82) is 0 Å². The van der Waals surface area contributed by atoms with Gasteiger partial charge in [-0.05, 0) is 12.1 Å². The number of halogens is 1. The second kappa shape index (κ2) is 5.22. The van der Waals surface area contributed by atoms with Crippen LogP contribution in [0.1, 0.15) is 15.2 Å². The average molecular weight is 313 g/mol. The maximum Gasteiger partial charge on any atom is 0.339 e. The summed E-state index contributed by atoms with van der Waals surface area (Å²) in [4.78, 5) is 12.1. The summed E-state index contributed by atoms with van der Waals surface area (Å²) in [5.41, 5.74) is 0.0388. The molecule has 1 aliphatic heterocycles. The van der Waals surface area contributed by atoms with Crippen molar-refractivity contribution in [2.24, 2.45) is 0 Å². The van der Waals surface area contributed by atoms with Crippen molar-refractivity contribution in [2.75, 3.05) is 6.79 Å². The van der Waals surface area contributed by atoms with E-state index in [1.54, 1.807) is 6.07 Å². The highest BCUT2D eigenvalue weighted by Crippen LogP contribution is 2.38. The van der Waals surface area contributed by atoms with Gasteiger partial charge in [0.2, 0.25) is 6.79 Å². The molecule has 7 heteroatoms. The number of rotatable bonds is 4. The lowest BCUT2D eigenvalue weighted by Crippen LogP contribution is -2.03. The van der Waals surface area contributed by atoms with Crippen LogP contribution in [0, 0.1) is 0 Å². The smallest absolute Gasteiger partial charge is 0.339 e. The number of carboxylic acids is 1. The maximum absolute atomic E-state index is 11.2. The molecule has 0 atom stereocenters. The van der Waals surface area contributed by atoms with Crippen LogP contribution in [0.15, 0.2) is 24.3 Å². The van der Waals surface area contributed by atoms with Gasteiger partial charge in [-0.15, -0.1) is 11.3 Å². The van der Waals surface area contributed by atoms with Crippen LogP contribution in [-0.2, 0) is 6.61 Å². The molecule has 0 spiro atoms. The Balaban J connectivity index is 1.86. The molecule has 1 aliphatic rings. The van der Waals surface area contributed by atoms with Crippen LogP contribution in [-0.4, -0.2) is 17.9 Å². The Morgan fingerprint density at radius 1 is 1.35 bits per heavy atom. The van der Waals surface area contributed by atoms with E-state index in [0.29, 0.717) is 15.8 Å². The van der Waals surface area contributed by atoms with E-state index in [1.807, 2.05) is 6.07 Å². The molecule has 0 saturated carbocycles. The molecule has 104 valence electrons. The van der Waals surface area contributed by atoms with E-state index in [-0.39, 0.29) is 24.7 Å². The highest BCUT2D eigenvalue weighted by Gasteiger charge is 2.21. The van der Waals surface area contributed by atoms with Crippen LogP contribution in [0.4, 0.5) is 0 Å². The predicted octanol–water partition coefficient (Wildman–Crippen LogP) is 3.41. The van der Waals surface area contributed by atoms with E-state index >= 15 is 0 Å². The molecule has 1 aromatic heterocycles. The van der Waals surface area contributed by atoms with Crippen LogP contribution in [0.25, 0.3) is 0 Å². The average Bonchev–Trinajstić information content (AvgIpc) is 3.03. The number of benzene rings is 1. The first-order valence-electron chi connectivity index (χ1n) is 5.67. The minimum absolute atomic E-state index is 0.0388. The third-order valence-electron chi connectivity index (χ3n) is 2.70. The second-order valence-electron chi connectivity index (χ2n) is 4.00. The Kier molecular flexibility index (Phi) is 3.42. The Bertz CT molecular complexity index is 667. The summed E-state index contributed by atoms with van der Waals surface area (Å²) in [6, 6.07) is 6.53. The predicted molar refractivity (Wildman–Crippen MR) is 73.2 cm³/mol. The fraction of sp³-hybridized carbons (Fsp3) is 0.154. The lowest BCUT2D eigenvalue weighted by Gasteiger charge is -2.09. The molecule has 0 radical (unpaired) electrons. The van der Waals surface area contributed by atoms with Crippen molar-refractivity contribution in [3.8, 4) is 17.2 Å². The summed E-state index contributed by atoms with van der Waals surface area (Å²) in [7, 11) is 0. The van der Waals surface area contributed by atoms with Crippen molar-refractivity contribution >= 4 is 28.9 Å². The standard InChI is InChI=1S/C13H9ClO5S/c14-12-2-1-7(20-12)5-17-9-4-11-10(18-6-19-11)3-8(9)13(15)16/h1-4H,5-6H2,(H,15,16). The van der Waals surface area contributed by atoms with Gasteiger partial charge in [0.15, 0.2) is 11.5 Å². The first-order valence-corrected chi connectivity index (χ1v) is 6.87. The molecule has 0 amide bonds. The molecule has 0 fully saturated rings. The third-order valence-corrected chi connectivity index (χ3v) is 3.91. The van der Waals surface area contributed by atoms with E-state index in [2.05, 4.69) is 0 Å². The molecule has 0 saturated heterocycles. The van der Waals surface area contributed by atoms with Crippen molar-refractivity contribution in [3.63, 3.8) is 0 Å². The van der Waals surface area contributed by atoms with E-state index < -0.39 is 5.97 Å². The zero-order chi connectivity index (χ0) is 14.1. The Morgan fingerprint density at radius 2 is 2.10 bits per heavy atom. The van der Waals surface area contributed by atoms with Crippen molar-refractivity contribution in [3.05, 3.63) is 39.0 Å². The number of thiophene rings is 1. The van der Waals surface area contributed by atoms with Gasteiger partial charge in [-0.3, -0.25) is 0 Å². The van der Waals surface area contributed by atoms with E-state index in [4.69, 9.17) is 25.8 Å². The number of carbonyl (C=O) groups is 1. The number of fused-ring (bicyclic) bond motifs is 1. The van der Waals surface area contributed by atoms with Gasteiger partial charge in [0.25, 0.3) is 0 Å². The summed E-state index contributed by atoms with van der Waals surface area (Å²) in [5.74, 6) is 0.0527. The fourth-order valence-corrected chi connectivity index (χ4v) is 2.79. The Hall–Kier alpha value is -1.92. The van der Waals surface area contributed by atoms with E-state index in [1.165, 1.54) is 23.5 Å². The molecule has 1 N–H and O–H groups in total. The van der Waals surface area contributed by atoms with Crippen LogP contribution >= 0.6 is 22.9 Å². The molecule has 0 aliphatic carbocycles. The van der Waals surface area contributed by atoms with Gasteiger partial charge >= 0.3 is 5.97 Å². The zero-order valence-corrected chi connectivity index (χ0v) is 11.7. The maximum atomic E-state index is 11.2. The summed E-state index contributed by atoms with van der Waals surface area (Å²) >= 11 is 7.22. The topological polar surface area (TPSA) is 65.0 Å². The molecule has 3 rings (SSSR count). The van der Waals surface area contributed by atoms with Gasteiger partial charge in [0.1, 0.15) is 17.9 Å². The fourth-order valence-electron chi connectivity index (χ4n) is 1.79. The molecule has 5 nitrogen and oxygen atoms in total. The largest absolute Gasteiger partial charge is 0.487 e. The number of ether oxygens (including phenoxy) is 3. The number of carboxylic acid groups (broad SMARTS) is 1. The van der Waals surface area contributed by atoms with Gasteiger partial charge in [0, 0.05) is 17.0 Å². The molecule has 0 unspecified atom stereocenters. The first-order chi connectivity index (χ1) is 9.63. The summed E-state index contributed by atoms with van der Waals surface area (Å²) < 4.78 is 16.6. The van der Waals surface area contributed by atoms with Gasteiger partial charge < -0.3 is 19.3 Å². The third kappa shape index (κ3) is 2.52. The van der Waals surface area contributed by atoms with E-state index in [9.17, 15) is 9.90 Å². The van der Waals surface area contributed by atoms with Crippen LogP contribution in [0.5, 0.6) is 17.2 Å². The van der Waals surface area contributed by atoms with Gasteiger partial charge in [-0.1, -0.05) is 11.6 Å². The molecule has 2 heterocycles. The van der Waals surface area contributed by atoms with Crippen molar-refractivity contribution < 1.29 is 24.1 Å². The van der Waals surface area contributed by atoms with Crippen LogP contribution in [0.3, 0.4) is 0 Å². The van der Waals surface area contributed by atoms with Crippen LogP contribution < -0.4 is 14.2 Å². The van der Waals surface area contributed by atoms with Crippen molar-refractivity contribution in [2.45, 2.75) is 6.61 Å². The molecule has 2 aromatic rings. The molecular weight excluding hydrogens is 304 g/mol. The quantitative estimate of drug-likeness (QED) is 0.937. The summed E-state index contributed by atoms with van der Waals surface area (Å²) in [5, 5.41) is 9.20. The lowest BCUT2D eigenvalue weighted by molar-refractivity contribution is 0.0691. The molecule has 1 aromatic carbocycles. The lowest BCUT2D eigenvalue weighted by atomic mass is 10.2. The minimum atomic E-state index is -1.08. The molecule has 20 heavy (non-hydrogen) atoms. The van der Waals surface area contributed by atoms with Gasteiger partial charge in [0.05, 0.1) is 4.34 Å². The SMILES string of the molecule is O=C(O)c1cc2c(cc1OCc1ccc(Cl)s1)OCO2. The molecular formula is C13H9ClO5S. The Morgan fingerprint density at radius 3 is 2.75 bits per heavy atom. The number of aromatic carboxylic acids is 1. The monoisotopic (exact) mass is 312 g/mol. The normalized spacial score (nSPS) is 12.4. The first kappa shape index (κ1) is 13.1. The number of hydrogen-bond acceptors (Lipinski definition) is 5. The molecule has 0 bridgehead atoms. The summed E-state index contributed by atoms with van der Waals surface area (Å²) in [6.45, 7) is 0.329. The number of hydrogen-bond donors (Lipinski definition) is 1. The van der Waals surface area contributed by atoms with Gasteiger partial charge in [-0.25, -0.2) is 4.79 Å². The van der Waals surface area contributed by atoms with Crippen LogP contribution in [0.2, 0.25) is 4.34 Å². The second-order valence-corrected chi connectivity index (χ2v) is 5.80. The Labute approximate surface area is 123 Å². The minimum Gasteiger partial charge on any atom is -0.487 e.